The zero-order valence-corrected chi connectivity index (χ0v) is 15.4. The van der Waals surface area contributed by atoms with E-state index in [9.17, 15) is 4.79 Å². The molecule has 2 unspecified atom stereocenters. The number of ether oxygens (including phenoxy) is 1. The third-order valence-corrected chi connectivity index (χ3v) is 3.77. The first-order chi connectivity index (χ1) is 10.8. The van der Waals surface area contributed by atoms with Crippen molar-refractivity contribution in [3.63, 3.8) is 0 Å². The highest BCUT2D eigenvalue weighted by Crippen LogP contribution is 2.23. The lowest BCUT2D eigenvalue weighted by Crippen LogP contribution is -2.34. The Morgan fingerprint density at radius 1 is 1.22 bits per heavy atom. The first-order valence-electron chi connectivity index (χ1n) is 8.52. The Morgan fingerprint density at radius 3 is 2.52 bits per heavy atom. The summed E-state index contributed by atoms with van der Waals surface area (Å²) in [5.74, 6) is 1.48. The molecule has 0 spiro atoms. The van der Waals surface area contributed by atoms with Crippen LogP contribution in [-0.4, -0.2) is 25.6 Å². The molecule has 0 aliphatic rings. The molecule has 0 saturated carbocycles. The molecule has 4 heteroatoms. The molecular formula is C19H32N2O2. The van der Waals surface area contributed by atoms with E-state index >= 15 is 0 Å². The number of nitrogens with one attached hydrogen (secondary N) is 2. The Hall–Kier alpha value is -1.55. The van der Waals surface area contributed by atoms with E-state index in [0.717, 1.165) is 23.3 Å². The first kappa shape index (κ1) is 19.5. The van der Waals surface area contributed by atoms with Crippen LogP contribution in [0.4, 0.5) is 0 Å². The molecule has 0 aliphatic carbocycles. The standard InChI is InChI=1S/C19H32N2O2/c1-13(2)9-16(5)23-18-10-14(3)7-8-17(18)12-21-19(22)15(4)11-20-6/h7-8,10,13,15-16,20H,9,11-12H2,1-6H3,(H,21,22). The van der Waals surface area contributed by atoms with Crippen LogP contribution in [0.15, 0.2) is 18.2 Å². The molecule has 1 rings (SSSR count). The molecule has 130 valence electrons. The van der Waals surface area contributed by atoms with Crippen molar-refractivity contribution in [1.29, 1.82) is 0 Å². The van der Waals surface area contributed by atoms with Gasteiger partial charge in [0.05, 0.1) is 6.10 Å². The number of hydrogen-bond acceptors (Lipinski definition) is 3. The molecule has 0 fully saturated rings. The Labute approximate surface area is 141 Å². The Balaban J connectivity index is 2.72. The minimum Gasteiger partial charge on any atom is -0.490 e. The van der Waals surface area contributed by atoms with Crippen LogP contribution in [-0.2, 0) is 11.3 Å². The average molecular weight is 320 g/mol. The fourth-order valence-electron chi connectivity index (χ4n) is 2.60. The molecule has 0 aliphatic heterocycles. The van der Waals surface area contributed by atoms with Crippen LogP contribution in [0.5, 0.6) is 5.75 Å². The molecule has 23 heavy (non-hydrogen) atoms. The predicted octanol–water partition coefficient (Wildman–Crippen LogP) is 3.28. The van der Waals surface area contributed by atoms with Gasteiger partial charge in [-0.1, -0.05) is 32.9 Å². The van der Waals surface area contributed by atoms with Crippen molar-refractivity contribution in [1.82, 2.24) is 10.6 Å². The summed E-state index contributed by atoms with van der Waals surface area (Å²) in [7, 11) is 1.85. The number of rotatable bonds is 9. The van der Waals surface area contributed by atoms with Gasteiger partial charge in [0.25, 0.3) is 0 Å². The lowest BCUT2D eigenvalue weighted by molar-refractivity contribution is -0.124. The summed E-state index contributed by atoms with van der Waals surface area (Å²) in [6, 6.07) is 6.14. The molecular weight excluding hydrogens is 288 g/mol. The molecule has 0 bridgehead atoms. The van der Waals surface area contributed by atoms with Crippen LogP contribution < -0.4 is 15.4 Å². The van der Waals surface area contributed by atoms with Gasteiger partial charge >= 0.3 is 0 Å². The van der Waals surface area contributed by atoms with Crippen molar-refractivity contribution < 1.29 is 9.53 Å². The maximum Gasteiger partial charge on any atom is 0.224 e. The van der Waals surface area contributed by atoms with Crippen LogP contribution in [0.3, 0.4) is 0 Å². The number of aryl methyl sites for hydroxylation is 1. The monoisotopic (exact) mass is 320 g/mol. The Morgan fingerprint density at radius 2 is 1.91 bits per heavy atom. The molecule has 0 aromatic heterocycles. The zero-order chi connectivity index (χ0) is 17.4. The summed E-state index contributed by atoms with van der Waals surface area (Å²) in [4.78, 5) is 12.1. The minimum absolute atomic E-state index is 0.0466. The van der Waals surface area contributed by atoms with Crippen molar-refractivity contribution in [2.24, 2.45) is 11.8 Å². The SMILES string of the molecule is CNCC(C)C(=O)NCc1ccc(C)cc1OC(C)CC(C)C. The van der Waals surface area contributed by atoms with Gasteiger partial charge in [-0.25, -0.2) is 0 Å². The second-order valence-corrected chi connectivity index (χ2v) is 6.85. The second-order valence-electron chi connectivity index (χ2n) is 6.85. The van der Waals surface area contributed by atoms with Gasteiger partial charge in [-0.05, 0) is 44.9 Å². The van der Waals surface area contributed by atoms with Gasteiger partial charge in [-0.3, -0.25) is 4.79 Å². The zero-order valence-electron chi connectivity index (χ0n) is 15.4. The number of hydrogen-bond donors (Lipinski definition) is 2. The van der Waals surface area contributed by atoms with E-state index in [0.29, 0.717) is 19.0 Å². The van der Waals surface area contributed by atoms with Crippen molar-refractivity contribution in [2.75, 3.05) is 13.6 Å². The fourth-order valence-corrected chi connectivity index (χ4v) is 2.60. The van der Waals surface area contributed by atoms with Crippen LogP contribution in [0, 0.1) is 18.8 Å². The van der Waals surface area contributed by atoms with Crippen molar-refractivity contribution in [3.05, 3.63) is 29.3 Å². The predicted molar refractivity (Wildman–Crippen MR) is 95.7 cm³/mol. The van der Waals surface area contributed by atoms with Gasteiger partial charge in [0.1, 0.15) is 5.75 Å². The van der Waals surface area contributed by atoms with Gasteiger partial charge in [0.15, 0.2) is 0 Å². The molecule has 1 aromatic carbocycles. The lowest BCUT2D eigenvalue weighted by atomic mass is 10.1. The number of carbonyl (C=O) groups excluding carboxylic acids is 1. The molecule has 2 N–H and O–H groups in total. The Kier molecular flexibility index (Phi) is 8.10. The fraction of sp³-hybridized carbons (Fsp3) is 0.632. The topological polar surface area (TPSA) is 50.4 Å². The number of benzene rings is 1. The summed E-state index contributed by atoms with van der Waals surface area (Å²) >= 11 is 0. The van der Waals surface area contributed by atoms with Gasteiger partial charge in [-0.15, -0.1) is 0 Å². The van der Waals surface area contributed by atoms with Crippen LogP contribution >= 0.6 is 0 Å². The molecule has 0 radical (unpaired) electrons. The van der Waals surface area contributed by atoms with Gasteiger partial charge in [-0.2, -0.15) is 0 Å². The van der Waals surface area contributed by atoms with Crippen molar-refractivity contribution in [2.45, 2.75) is 53.7 Å². The normalized spacial score (nSPS) is 13.7. The number of amides is 1. The summed E-state index contributed by atoms with van der Waals surface area (Å²) in [6.45, 7) is 11.6. The van der Waals surface area contributed by atoms with E-state index in [1.54, 1.807) is 0 Å². The quantitative estimate of drug-likeness (QED) is 0.734. The van der Waals surface area contributed by atoms with Gasteiger partial charge in [0.2, 0.25) is 5.91 Å². The number of carbonyl (C=O) groups is 1. The maximum absolute atomic E-state index is 12.1. The molecule has 1 aromatic rings. The summed E-state index contributed by atoms with van der Waals surface area (Å²) in [6.07, 6.45) is 1.17. The maximum atomic E-state index is 12.1. The van der Waals surface area contributed by atoms with Crippen LogP contribution in [0.25, 0.3) is 0 Å². The minimum atomic E-state index is -0.0466. The van der Waals surface area contributed by atoms with E-state index in [2.05, 4.69) is 50.5 Å². The van der Waals surface area contributed by atoms with Crippen LogP contribution in [0.2, 0.25) is 0 Å². The van der Waals surface area contributed by atoms with Gasteiger partial charge < -0.3 is 15.4 Å². The van der Waals surface area contributed by atoms with Crippen LogP contribution in [0.1, 0.15) is 45.2 Å². The lowest BCUT2D eigenvalue weighted by Gasteiger charge is -2.20. The average Bonchev–Trinajstić information content (AvgIpc) is 2.45. The van der Waals surface area contributed by atoms with Gasteiger partial charge in [0, 0.05) is 24.6 Å². The smallest absolute Gasteiger partial charge is 0.224 e. The molecule has 0 saturated heterocycles. The summed E-state index contributed by atoms with van der Waals surface area (Å²) in [5.41, 5.74) is 2.19. The van der Waals surface area contributed by atoms with Crippen molar-refractivity contribution in [3.8, 4) is 5.75 Å². The Bertz CT molecular complexity index is 500. The first-order valence-corrected chi connectivity index (χ1v) is 8.52. The third-order valence-electron chi connectivity index (χ3n) is 3.77. The second kappa shape index (κ2) is 9.56. The highest BCUT2D eigenvalue weighted by Gasteiger charge is 2.14. The highest BCUT2D eigenvalue weighted by atomic mass is 16.5. The third kappa shape index (κ3) is 7.04. The molecule has 1 amide bonds. The van der Waals surface area contributed by atoms with E-state index in [1.807, 2.05) is 20.0 Å². The molecule has 4 nitrogen and oxygen atoms in total. The van der Waals surface area contributed by atoms with E-state index in [-0.39, 0.29) is 17.9 Å². The largest absolute Gasteiger partial charge is 0.490 e. The van der Waals surface area contributed by atoms with E-state index in [1.165, 1.54) is 0 Å². The summed E-state index contributed by atoms with van der Waals surface area (Å²) < 4.78 is 6.11. The molecule has 2 atom stereocenters. The van der Waals surface area contributed by atoms with Crippen molar-refractivity contribution >= 4 is 5.91 Å². The highest BCUT2D eigenvalue weighted by molar-refractivity contribution is 5.78. The summed E-state index contributed by atoms with van der Waals surface area (Å²) in [5, 5.41) is 6.02. The van der Waals surface area contributed by atoms with E-state index < -0.39 is 0 Å². The molecule has 0 heterocycles. The van der Waals surface area contributed by atoms with E-state index in [4.69, 9.17) is 4.74 Å².